The van der Waals surface area contributed by atoms with Crippen LogP contribution in [0.3, 0.4) is 0 Å². The standard InChI is InChI=1S/C9H11N3O2/c1-3-5-7-6-11(4-2)9(14)12(10)8(7)13/h6H,4,10H2,1-2H3. The number of hydrogen-bond acceptors (Lipinski definition) is 3. The molecule has 0 aromatic carbocycles. The topological polar surface area (TPSA) is 70.0 Å². The van der Waals surface area contributed by atoms with Gasteiger partial charge in [0.2, 0.25) is 0 Å². The third-order valence-corrected chi connectivity index (χ3v) is 1.79. The molecule has 5 nitrogen and oxygen atoms in total. The number of rotatable bonds is 1. The summed E-state index contributed by atoms with van der Waals surface area (Å²) in [5.41, 5.74) is -0.857. The molecule has 0 unspecified atom stereocenters. The first-order valence-electron chi connectivity index (χ1n) is 4.16. The highest BCUT2D eigenvalue weighted by Crippen LogP contribution is 1.85. The summed E-state index contributed by atoms with van der Waals surface area (Å²) in [6.45, 7) is 3.85. The molecule has 1 aromatic heterocycles. The molecule has 0 bridgehead atoms. The molecular weight excluding hydrogens is 182 g/mol. The first kappa shape index (κ1) is 10.1. The summed E-state index contributed by atoms with van der Waals surface area (Å²) < 4.78 is 1.91. The third kappa shape index (κ3) is 1.55. The number of aromatic nitrogens is 2. The summed E-state index contributed by atoms with van der Waals surface area (Å²) in [6, 6.07) is 0. The Morgan fingerprint density at radius 1 is 1.50 bits per heavy atom. The summed E-state index contributed by atoms with van der Waals surface area (Å²) in [5.74, 6) is 10.5. The van der Waals surface area contributed by atoms with Gasteiger partial charge in [-0.25, -0.2) is 4.79 Å². The van der Waals surface area contributed by atoms with E-state index >= 15 is 0 Å². The van der Waals surface area contributed by atoms with Crippen molar-refractivity contribution >= 4 is 0 Å². The fourth-order valence-electron chi connectivity index (χ4n) is 1.07. The van der Waals surface area contributed by atoms with Gasteiger partial charge in [-0.15, -0.1) is 5.92 Å². The van der Waals surface area contributed by atoms with Crippen LogP contribution >= 0.6 is 0 Å². The van der Waals surface area contributed by atoms with Crippen molar-refractivity contribution in [3.63, 3.8) is 0 Å². The largest absolute Gasteiger partial charge is 0.349 e. The molecule has 0 atom stereocenters. The van der Waals surface area contributed by atoms with Crippen LogP contribution in [0, 0.1) is 11.8 Å². The predicted octanol–water partition coefficient (Wildman–Crippen LogP) is -0.885. The SMILES string of the molecule is CC#Cc1cn(CC)c(=O)n(N)c1=O. The molecule has 0 aliphatic carbocycles. The molecule has 0 aliphatic heterocycles. The quantitative estimate of drug-likeness (QED) is 0.465. The summed E-state index contributed by atoms with van der Waals surface area (Å²) in [4.78, 5) is 22.7. The van der Waals surface area contributed by atoms with Gasteiger partial charge in [0.05, 0.1) is 0 Å². The van der Waals surface area contributed by atoms with E-state index in [2.05, 4.69) is 11.8 Å². The molecular formula is C9H11N3O2. The van der Waals surface area contributed by atoms with Crippen LogP contribution in [-0.2, 0) is 6.54 Å². The van der Waals surface area contributed by atoms with Gasteiger partial charge < -0.3 is 5.84 Å². The maximum absolute atomic E-state index is 11.4. The average Bonchev–Trinajstić information content (AvgIpc) is 2.19. The molecule has 1 aromatic rings. The van der Waals surface area contributed by atoms with Gasteiger partial charge in [0.1, 0.15) is 5.56 Å². The van der Waals surface area contributed by atoms with E-state index in [9.17, 15) is 9.59 Å². The molecule has 0 fully saturated rings. The molecule has 0 radical (unpaired) electrons. The van der Waals surface area contributed by atoms with Crippen molar-refractivity contribution in [2.45, 2.75) is 20.4 Å². The molecule has 14 heavy (non-hydrogen) atoms. The maximum Gasteiger partial charge on any atom is 0.349 e. The van der Waals surface area contributed by atoms with Crippen LogP contribution in [-0.4, -0.2) is 9.24 Å². The van der Waals surface area contributed by atoms with Crippen molar-refractivity contribution in [3.05, 3.63) is 32.6 Å². The van der Waals surface area contributed by atoms with Crippen LogP contribution < -0.4 is 17.1 Å². The summed E-state index contributed by atoms with van der Waals surface area (Å²) in [6.07, 6.45) is 1.42. The zero-order chi connectivity index (χ0) is 10.7. The minimum atomic E-state index is -0.561. The van der Waals surface area contributed by atoms with Crippen LogP contribution in [0.2, 0.25) is 0 Å². The maximum atomic E-state index is 11.4. The fraction of sp³-hybridized carbons (Fsp3) is 0.333. The molecule has 1 heterocycles. The van der Waals surface area contributed by atoms with Gasteiger partial charge in [0, 0.05) is 12.7 Å². The van der Waals surface area contributed by atoms with E-state index in [1.807, 2.05) is 0 Å². The van der Waals surface area contributed by atoms with E-state index < -0.39 is 11.2 Å². The van der Waals surface area contributed by atoms with Gasteiger partial charge in [-0.05, 0) is 13.8 Å². The molecule has 0 aliphatic rings. The van der Waals surface area contributed by atoms with Gasteiger partial charge in [-0.1, -0.05) is 5.92 Å². The van der Waals surface area contributed by atoms with Crippen LogP contribution in [0.5, 0.6) is 0 Å². The van der Waals surface area contributed by atoms with Gasteiger partial charge in [0.25, 0.3) is 5.56 Å². The number of nitrogen functional groups attached to an aromatic ring is 1. The molecule has 74 valence electrons. The predicted molar refractivity (Wildman–Crippen MR) is 53.3 cm³/mol. The van der Waals surface area contributed by atoms with Crippen molar-refractivity contribution in [1.29, 1.82) is 0 Å². The number of hydrogen-bond donors (Lipinski definition) is 1. The third-order valence-electron chi connectivity index (χ3n) is 1.79. The van der Waals surface area contributed by atoms with Gasteiger partial charge in [0.15, 0.2) is 0 Å². The average molecular weight is 193 g/mol. The smallest absolute Gasteiger partial charge is 0.332 e. The minimum Gasteiger partial charge on any atom is -0.332 e. The lowest BCUT2D eigenvalue weighted by molar-refractivity contribution is 0.645. The van der Waals surface area contributed by atoms with Crippen molar-refractivity contribution in [1.82, 2.24) is 9.24 Å². The Hall–Kier alpha value is -1.96. The van der Waals surface area contributed by atoms with Crippen molar-refractivity contribution in [2.75, 3.05) is 5.84 Å². The van der Waals surface area contributed by atoms with Crippen LogP contribution in [0.4, 0.5) is 0 Å². The first-order chi connectivity index (χ1) is 6.61. The molecule has 0 saturated heterocycles. The van der Waals surface area contributed by atoms with Crippen molar-refractivity contribution in [2.24, 2.45) is 0 Å². The monoisotopic (exact) mass is 193 g/mol. The fourth-order valence-corrected chi connectivity index (χ4v) is 1.07. The zero-order valence-electron chi connectivity index (χ0n) is 8.07. The van der Waals surface area contributed by atoms with E-state index in [0.717, 1.165) is 0 Å². The normalized spacial score (nSPS) is 9.29. The van der Waals surface area contributed by atoms with E-state index in [1.165, 1.54) is 10.8 Å². The van der Waals surface area contributed by atoms with Crippen molar-refractivity contribution < 1.29 is 0 Å². The first-order valence-corrected chi connectivity index (χ1v) is 4.16. The summed E-state index contributed by atoms with van der Waals surface area (Å²) >= 11 is 0. The second-order valence-corrected chi connectivity index (χ2v) is 2.66. The Morgan fingerprint density at radius 2 is 2.14 bits per heavy atom. The molecule has 1 rings (SSSR count). The molecule has 0 saturated carbocycles. The van der Waals surface area contributed by atoms with E-state index in [4.69, 9.17) is 5.84 Å². The Balaban J connectivity index is 3.63. The lowest BCUT2D eigenvalue weighted by atomic mass is 10.3. The molecule has 5 heteroatoms. The number of nitrogens with two attached hydrogens (primary N) is 1. The highest BCUT2D eigenvalue weighted by Gasteiger charge is 2.05. The van der Waals surface area contributed by atoms with Gasteiger partial charge in [-0.3, -0.25) is 9.36 Å². The Kier molecular flexibility index (Phi) is 2.77. The molecule has 2 N–H and O–H groups in total. The molecule has 0 spiro atoms. The van der Waals surface area contributed by atoms with Crippen molar-refractivity contribution in [3.8, 4) is 11.8 Å². The highest BCUT2D eigenvalue weighted by molar-refractivity contribution is 5.29. The van der Waals surface area contributed by atoms with E-state index in [1.54, 1.807) is 13.8 Å². The molecule has 0 amide bonds. The van der Waals surface area contributed by atoms with Crippen LogP contribution in [0.15, 0.2) is 15.8 Å². The Bertz CT molecular complexity index is 514. The van der Waals surface area contributed by atoms with Gasteiger partial charge >= 0.3 is 5.69 Å². The summed E-state index contributed by atoms with van der Waals surface area (Å²) in [5, 5.41) is 0. The summed E-state index contributed by atoms with van der Waals surface area (Å²) in [7, 11) is 0. The lowest BCUT2D eigenvalue weighted by Crippen LogP contribution is -2.45. The number of aryl methyl sites for hydroxylation is 1. The van der Waals surface area contributed by atoms with Crippen LogP contribution in [0.25, 0.3) is 0 Å². The zero-order valence-corrected chi connectivity index (χ0v) is 8.07. The highest BCUT2D eigenvalue weighted by atomic mass is 16.2. The second-order valence-electron chi connectivity index (χ2n) is 2.66. The van der Waals surface area contributed by atoms with E-state index in [-0.39, 0.29) is 5.56 Å². The van der Waals surface area contributed by atoms with Gasteiger partial charge in [-0.2, -0.15) is 4.68 Å². The minimum absolute atomic E-state index is 0.233. The lowest BCUT2D eigenvalue weighted by Gasteiger charge is -2.04. The van der Waals surface area contributed by atoms with E-state index in [0.29, 0.717) is 11.2 Å². The van der Waals surface area contributed by atoms with Crippen LogP contribution in [0.1, 0.15) is 19.4 Å². The Morgan fingerprint density at radius 3 is 2.64 bits per heavy atom. The Labute approximate surface area is 80.7 Å². The number of nitrogens with zero attached hydrogens (tertiary/aromatic N) is 2. The second kappa shape index (κ2) is 3.83.